The van der Waals surface area contributed by atoms with Gasteiger partial charge in [0, 0.05) is 10.8 Å². The van der Waals surface area contributed by atoms with Crippen LogP contribution in [0.15, 0.2) is 273 Å². The molecule has 0 aromatic heterocycles. The maximum absolute atomic E-state index is 2.52. The lowest BCUT2D eigenvalue weighted by Gasteiger charge is -2.34. The molecule has 0 N–H and O–H groups in total. The van der Waals surface area contributed by atoms with E-state index >= 15 is 0 Å². The number of fused-ring (bicyclic) bond motifs is 12. The summed E-state index contributed by atoms with van der Waals surface area (Å²) in [5, 5.41) is 7.85. The van der Waals surface area contributed by atoms with Crippen molar-refractivity contribution in [2.24, 2.45) is 0 Å². The first-order chi connectivity index (χ1) is 43.9. The van der Waals surface area contributed by atoms with Gasteiger partial charge in [-0.3, -0.25) is 0 Å². The fraction of sp³-hybridized carbons (Fsp3) is 0.133. The molecular formula is C90H70. The topological polar surface area (TPSA) is 0 Å². The van der Waals surface area contributed by atoms with Gasteiger partial charge < -0.3 is 0 Å². The Hall–Kier alpha value is -10.1. The van der Waals surface area contributed by atoms with Gasteiger partial charge in [-0.1, -0.05) is 299 Å². The van der Waals surface area contributed by atoms with E-state index in [1.54, 1.807) is 0 Å². The molecule has 14 aromatic rings. The monoisotopic (exact) mass is 1150 g/mol. The molecule has 0 saturated carbocycles. The molecule has 0 heterocycles. The lowest BCUT2D eigenvalue weighted by atomic mass is 9.67. The molecule has 1 atom stereocenters. The first-order valence-electron chi connectivity index (χ1n) is 32.3. The van der Waals surface area contributed by atoms with Crippen LogP contribution in [0.2, 0.25) is 0 Å². The quantitative estimate of drug-likeness (QED) is 0.135. The van der Waals surface area contributed by atoms with Crippen LogP contribution >= 0.6 is 0 Å². The Labute approximate surface area is 529 Å². The number of hydrogen-bond donors (Lipinski definition) is 0. The van der Waals surface area contributed by atoms with Gasteiger partial charge in [0.05, 0.1) is 5.41 Å². The molecule has 14 aromatic carbocycles. The number of rotatable bonds is 9. The third-order valence-electron chi connectivity index (χ3n) is 21.6. The van der Waals surface area contributed by atoms with Gasteiger partial charge >= 0.3 is 0 Å². The van der Waals surface area contributed by atoms with Gasteiger partial charge in [-0.05, 0) is 218 Å². The summed E-state index contributed by atoms with van der Waals surface area (Å²) in [6.07, 6.45) is 1.69. The molecule has 0 spiro atoms. The molecule has 3 aliphatic carbocycles. The summed E-state index contributed by atoms with van der Waals surface area (Å²) in [5.74, 6) is 0. The minimum atomic E-state index is -0.482. The van der Waals surface area contributed by atoms with Crippen molar-refractivity contribution in [1.29, 1.82) is 0 Å². The Balaban J connectivity index is 0.757. The smallest absolute Gasteiger partial charge is 0.0619 e. The summed E-state index contributed by atoms with van der Waals surface area (Å²) in [4.78, 5) is 0. The Bertz CT molecular complexity index is 5270. The zero-order valence-corrected chi connectivity index (χ0v) is 52.4. The molecule has 17 rings (SSSR count). The van der Waals surface area contributed by atoms with E-state index in [0.717, 1.165) is 12.8 Å². The largest absolute Gasteiger partial charge is 0.0713 e. The molecule has 1 unspecified atom stereocenters. The van der Waals surface area contributed by atoms with Gasteiger partial charge in [0.25, 0.3) is 0 Å². The van der Waals surface area contributed by atoms with E-state index in [1.165, 1.54) is 183 Å². The summed E-state index contributed by atoms with van der Waals surface area (Å²) in [7, 11) is 0. The maximum Gasteiger partial charge on any atom is 0.0713 e. The van der Waals surface area contributed by atoms with Crippen molar-refractivity contribution >= 4 is 32.3 Å². The van der Waals surface area contributed by atoms with Crippen LogP contribution in [0.3, 0.4) is 0 Å². The summed E-state index contributed by atoms with van der Waals surface area (Å²) >= 11 is 0. The van der Waals surface area contributed by atoms with E-state index < -0.39 is 5.41 Å². The second kappa shape index (κ2) is 20.2. The predicted octanol–water partition coefficient (Wildman–Crippen LogP) is 23.2. The number of benzene rings is 14. The number of aryl methyl sites for hydroxylation is 4. The fourth-order valence-corrected chi connectivity index (χ4v) is 17.4. The highest BCUT2D eigenvalue weighted by molar-refractivity contribution is 6.07. The first-order valence-corrected chi connectivity index (χ1v) is 32.3. The van der Waals surface area contributed by atoms with Crippen molar-refractivity contribution in [1.82, 2.24) is 0 Å². The molecule has 90 heavy (non-hydrogen) atoms. The number of hydrogen-bond acceptors (Lipinski definition) is 0. The van der Waals surface area contributed by atoms with Crippen molar-refractivity contribution in [3.05, 3.63) is 356 Å². The van der Waals surface area contributed by atoms with E-state index in [-0.39, 0.29) is 10.8 Å². The van der Waals surface area contributed by atoms with Crippen LogP contribution in [-0.4, -0.2) is 0 Å². The van der Waals surface area contributed by atoms with Gasteiger partial charge in [-0.2, -0.15) is 0 Å². The normalized spacial score (nSPS) is 15.4. The van der Waals surface area contributed by atoms with Crippen LogP contribution in [0.5, 0.6) is 0 Å². The third kappa shape index (κ3) is 7.80. The van der Waals surface area contributed by atoms with Crippen molar-refractivity contribution in [3.8, 4) is 66.8 Å². The Morgan fingerprint density at radius 2 is 0.800 bits per heavy atom. The van der Waals surface area contributed by atoms with Crippen LogP contribution < -0.4 is 0 Å². The molecule has 0 saturated heterocycles. The van der Waals surface area contributed by atoms with Crippen molar-refractivity contribution in [2.45, 2.75) is 77.6 Å². The highest BCUT2D eigenvalue weighted by Gasteiger charge is 2.48. The average Bonchev–Trinajstić information content (AvgIpc) is 1.54. The average molecular weight is 1150 g/mol. The minimum absolute atomic E-state index is 0.245. The SMILES string of the molecule is Cc1ccc(C2(c3ccc(C)cc3)c3ccccc3-c3c(-c4ccc(C)c5c(Cc6ccc(-c7cccc8c7C(C)(C)c7cccc(CC9(C)c%10ccccc%10-c%10ccc(-c%11ccc(C)c%12ccccc%11%12)cc%109)c7-8)c7ccccc67)cccc45)cccc32)cc1. The first kappa shape index (κ1) is 54.0. The van der Waals surface area contributed by atoms with Gasteiger partial charge in [0.1, 0.15) is 0 Å². The Kier molecular flexibility index (Phi) is 12.1. The molecule has 3 aliphatic rings. The van der Waals surface area contributed by atoms with Gasteiger partial charge in [0.2, 0.25) is 0 Å². The second-order valence-corrected chi connectivity index (χ2v) is 27.0. The van der Waals surface area contributed by atoms with Crippen LogP contribution in [-0.2, 0) is 29.1 Å². The molecule has 0 aliphatic heterocycles. The highest BCUT2D eigenvalue weighted by Crippen LogP contribution is 2.60. The third-order valence-corrected chi connectivity index (χ3v) is 21.6. The standard InChI is InChI=1S/C90H70/c1-55-36-44-63(45-37-55)90(64-46-38-56(2)39-47-64)80-33-15-13-27-77(80)86-75(29-19-35-82(86)90)71-49-41-58(4)84-61(20-16-28-74(71)84)52-59-42-50-70(69-25-11-9-23-66(59)69)76-30-18-31-78-85-62(21-17-34-81(85)88(5,6)87(76)78)54-89(7)79-32-14-12-26-72(79)73-51-43-60(53-83(73)89)67-48-40-57(3)65-22-8-10-24-68(65)67/h8-51,53H,52,54H2,1-7H3. The molecule has 0 fully saturated rings. The summed E-state index contributed by atoms with van der Waals surface area (Å²) in [6, 6.07) is 105. The molecule has 0 radical (unpaired) electrons. The summed E-state index contributed by atoms with van der Waals surface area (Å²) < 4.78 is 0. The minimum Gasteiger partial charge on any atom is -0.0619 e. The van der Waals surface area contributed by atoms with E-state index in [2.05, 4.69) is 321 Å². The lowest BCUT2D eigenvalue weighted by molar-refractivity contribution is 0.583. The highest BCUT2D eigenvalue weighted by atomic mass is 14.5. The summed E-state index contributed by atoms with van der Waals surface area (Å²) in [6.45, 7) is 16.3. The van der Waals surface area contributed by atoms with Crippen LogP contribution in [0, 0.1) is 27.7 Å². The van der Waals surface area contributed by atoms with Crippen molar-refractivity contribution in [3.63, 3.8) is 0 Å². The molecule has 0 nitrogen and oxygen atoms in total. The van der Waals surface area contributed by atoms with Gasteiger partial charge in [0.15, 0.2) is 0 Å². The molecule has 0 heteroatoms. The Morgan fingerprint density at radius 3 is 1.57 bits per heavy atom. The van der Waals surface area contributed by atoms with Gasteiger partial charge in [-0.15, -0.1) is 0 Å². The molecule has 0 amide bonds. The van der Waals surface area contributed by atoms with E-state index in [0.29, 0.717) is 0 Å². The van der Waals surface area contributed by atoms with Crippen LogP contribution in [0.25, 0.3) is 99.1 Å². The van der Waals surface area contributed by atoms with Crippen LogP contribution in [0.1, 0.15) is 104 Å². The van der Waals surface area contributed by atoms with E-state index in [4.69, 9.17) is 0 Å². The van der Waals surface area contributed by atoms with E-state index in [1.807, 2.05) is 0 Å². The fourth-order valence-electron chi connectivity index (χ4n) is 17.4. The zero-order valence-electron chi connectivity index (χ0n) is 52.4. The van der Waals surface area contributed by atoms with E-state index in [9.17, 15) is 0 Å². The summed E-state index contributed by atoms with van der Waals surface area (Å²) in [5.41, 5.74) is 34.9. The maximum atomic E-state index is 2.52. The lowest BCUT2D eigenvalue weighted by Crippen LogP contribution is -2.28. The van der Waals surface area contributed by atoms with Crippen LogP contribution in [0.4, 0.5) is 0 Å². The van der Waals surface area contributed by atoms with Gasteiger partial charge in [-0.25, -0.2) is 0 Å². The van der Waals surface area contributed by atoms with Crippen molar-refractivity contribution < 1.29 is 0 Å². The molecular weight excluding hydrogens is 1080 g/mol. The molecule has 430 valence electrons. The van der Waals surface area contributed by atoms with Crippen molar-refractivity contribution in [2.75, 3.05) is 0 Å². The predicted molar refractivity (Wildman–Crippen MR) is 380 cm³/mol. The molecule has 0 bridgehead atoms. The Morgan fingerprint density at radius 1 is 0.289 bits per heavy atom. The zero-order chi connectivity index (χ0) is 60.8. The second-order valence-electron chi connectivity index (χ2n) is 27.0.